The summed E-state index contributed by atoms with van der Waals surface area (Å²) >= 11 is 5.87. The molecule has 7 heteroatoms. The predicted octanol–water partition coefficient (Wildman–Crippen LogP) is 0.669. The maximum Gasteiger partial charge on any atom is 0.315 e. The van der Waals surface area contributed by atoms with Gasteiger partial charge in [0.25, 0.3) is 0 Å². The Kier molecular flexibility index (Phi) is 6.87. The summed E-state index contributed by atoms with van der Waals surface area (Å²) in [6, 6.07) is 6.76. The number of hydrogen-bond donors (Lipinski definition) is 3. The molecule has 0 aliphatic carbocycles. The van der Waals surface area contributed by atoms with Gasteiger partial charge in [0.15, 0.2) is 0 Å². The van der Waals surface area contributed by atoms with Crippen LogP contribution in [0.25, 0.3) is 0 Å². The Morgan fingerprint density at radius 1 is 1.29 bits per heavy atom. The van der Waals surface area contributed by atoms with Crippen molar-refractivity contribution >= 4 is 29.2 Å². The van der Waals surface area contributed by atoms with Crippen LogP contribution in [0, 0.1) is 0 Å². The van der Waals surface area contributed by atoms with E-state index in [4.69, 9.17) is 11.6 Å². The number of hydrogen-bond acceptors (Lipinski definition) is 2. The lowest BCUT2D eigenvalue weighted by molar-refractivity contribution is -0.895. The number of quaternary nitrogens is 1. The molecule has 1 aromatic rings. The molecule has 1 saturated heterocycles. The molecule has 24 heavy (non-hydrogen) atoms. The number of nitrogens with one attached hydrogen (secondary N) is 3. The number of amides is 3. The molecule has 6 nitrogen and oxygen atoms in total. The molecule has 1 aliphatic rings. The maximum absolute atomic E-state index is 12.2. The fourth-order valence-corrected chi connectivity index (χ4v) is 2.99. The van der Waals surface area contributed by atoms with E-state index in [-0.39, 0.29) is 18.0 Å². The first-order valence-corrected chi connectivity index (χ1v) is 8.85. The van der Waals surface area contributed by atoms with Crippen LogP contribution in [0.15, 0.2) is 24.3 Å². The van der Waals surface area contributed by atoms with Gasteiger partial charge in [-0.3, -0.25) is 4.79 Å². The Balaban J connectivity index is 1.79. The largest absolute Gasteiger partial charge is 0.334 e. The van der Waals surface area contributed by atoms with Gasteiger partial charge < -0.3 is 20.4 Å². The lowest BCUT2D eigenvalue weighted by Crippen LogP contribution is -3.12. The molecular weight excluding hydrogens is 328 g/mol. The second-order valence-corrected chi connectivity index (χ2v) is 6.43. The molecular formula is C17H26ClN4O2+. The van der Waals surface area contributed by atoms with Crippen LogP contribution >= 0.6 is 11.6 Å². The monoisotopic (exact) mass is 353 g/mol. The molecule has 0 bridgehead atoms. The summed E-state index contributed by atoms with van der Waals surface area (Å²) < 4.78 is 0. The quantitative estimate of drug-likeness (QED) is 0.674. The number of benzene rings is 1. The summed E-state index contributed by atoms with van der Waals surface area (Å²) in [6.07, 6.45) is 0.317. The molecule has 1 aliphatic heterocycles. The van der Waals surface area contributed by atoms with Crippen LogP contribution in [0.5, 0.6) is 0 Å². The van der Waals surface area contributed by atoms with E-state index in [0.717, 1.165) is 25.3 Å². The minimum Gasteiger partial charge on any atom is -0.334 e. The highest BCUT2D eigenvalue weighted by atomic mass is 35.5. The second-order valence-electron chi connectivity index (χ2n) is 5.99. The van der Waals surface area contributed by atoms with Gasteiger partial charge in [0.05, 0.1) is 32.2 Å². The standard InChI is InChI=1S/C17H25ClN4O2/c1-3-21(4-2)10-9-19-17(24)20-14-11-16(23)22(12-14)15-7-5-13(18)6-8-15/h5-8,14H,3-4,9-12H2,1-2H3,(H2,19,20,24)/p+1/t14-/m0/s1. The van der Waals surface area contributed by atoms with E-state index in [0.29, 0.717) is 24.5 Å². The van der Waals surface area contributed by atoms with Crippen molar-refractivity contribution in [3.8, 4) is 0 Å². The molecule has 0 spiro atoms. The SMILES string of the molecule is CC[NH+](CC)CCNC(=O)N[C@H]1CC(=O)N(c2ccc(Cl)cc2)C1. The van der Waals surface area contributed by atoms with E-state index in [9.17, 15) is 9.59 Å². The number of nitrogens with zero attached hydrogens (tertiary/aromatic N) is 1. The van der Waals surface area contributed by atoms with Crippen LogP contribution in [0.1, 0.15) is 20.3 Å². The van der Waals surface area contributed by atoms with Gasteiger partial charge in [0, 0.05) is 23.7 Å². The minimum atomic E-state index is -0.211. The number of carbonyl (C=O) groups excluding carboxylic acids is 2. The Morgan fingerprint density at radius 3 is 2.58 bits per heavy atom. The first-order valence-electron chi connectivity index (χ1n) is 8.47. The molecule has 1 aromatic carbocycles. The molecule has 132 valence electrons. The first-order chi connectivity index (χ1) is 11.5. The van der Waals surface area contributed by atoms with E-state index in [2.05, 4.69) is 24.5 Å². The maximum atomic E-state index is 12.2. The summed E-state index contributed by atoms with van der Waals surface area (Å²) in [5.74, 6) is 0.00945. The molecule has 1 heterocycles. The summed E-state index contributed by atoms with van der Waals surface area (Å²) in [4.78, 5) is 27.3. The van der Waals surface area contributed by atoms with Crippen LogP contribution in [0.4, 0.5) is 10.5 Å². The lowest BCUT2D eigenvalue weighted by atomic mass is 10.2. The number of anilines is 1. The second kappa shape index (κ2) is 8.89. The van der Waals surface area contributed by atoms with Gasteiger partial charge in [-0.15, -0.1) is 0 Å². The van der Waals surface area contributed by atoms with E-state index in [1.54, 1.807) is 17.0 Å². The Morgan fingerprint density at radius 2 is 1.96 bits per heavy atom. The van der Waals surface area contributed by atoms with Gasteiger partial charge in [-0.1, -0.05) is 11.6 Å². The van der Waals surface area contributed by atoms with Gasteiger partial charge in [-0.25, -0.2) is 4.79 Å². The highest BCUT2D eigenvalue weighted by Crippen LogP contribution is 2.23. The summed E-state index contributed by atoms with van der Waals surface area (Å²) in [5.41, 5.74) is 0.805. The van der Waals surface area contributed by atoms with Crippen molar-refractivity contribution in [1.82, 2.24) is 10.6 Å². The topological polar surface area (TPSA) is 65.9 Å². The zero-order valence-corrected chi connectivity index (χ0v) is 15.0. The zero-order valence-electron chi connectivity index (χ0n) is 14.3. The van der Waals surface area contributed by atoms with Crippen molar-refractivity contribution in [2.45, 2.75) is 26.3 Å². The van der Waals surface area contributed by atoms with E-state index < -0.39 is 0 Å². The number of carbonyl (C=O) groups is 2. The van der Waals surface area contributed by atoms with Gasteiger partial charge in [-0.2, -0.15) is 0 Å². The van der Waals surface area contributed by atoms with Crippen LogP contribution in [-0.4, -0.2) is 50.7 Å². The number of urea groups is 1. The normalized spacial score (nSPS) is 17.4. The molecule has 3 N–H and O–H groups in total. The Hall–Kier alpha value is -1.79. The third kappa shape index (κ3) is 5.11. The van der Waals surface area contributed by atoms with E-state index in [1.807, 2.05) is 12.1 Å². The summed E-state index contributed by atoms with van der Waals surface area (Å²) in [6.45, 7) is 8.38. The highest BCUT2D eigenvalue weighted by Gasteiger charge is 2.31. The number of rotatable bonds is 7. The average Bonchev–Trinajstić information content (AvgIpc) is 2.92. The van der Waals surface area contributed by atoms with Crippen LogP contribution in [0.2, 0.25) is 5.02 Å². The molecule has 3 amide bonds. The molecule has 0 aromatic heterocycles. The number of likely N-dealkylation sites (N-methyl/N-ethyl adjacent to an activating group) is 1. The predicted molar refractivity (Wildman–Crippen MR) is 95.7 cm³/mol. The Labute approximate surface area is 148 Å². The summed E-state index contributed by atoms with van der Waals surface area (Å²) in [5, 5.41) is 6.38. The molecule has 0 radical (unpaired) electrons. The van der Waals surface area contributed by atoms with Crippen molar-refractivity contribution in [2.24, 2.45) is 0 Å². The van der Waals surface area contributed by atoms with Gasteiger partial charge in [0.1, 0.15) is 0 Å². The lowest BCUT2D eigenvalue weighted by Gasteiger charge is -2.18. The molecule has 0 unspecified atom stereocenters. The van der Waals surface area contributed by atoms with Crippen LogP contribution in [0.3, 0.4) is 0 Å². The van der Waals surface area contributed by atoms with Gasteiger partial charge in [-0.05, 0) is 38.1 Å². The zero-order chi connectivity index (χ0) is 17.5. The van der Waals surface area contributed by atoms with E-state index in [1.165, 1.54) is 4.90 Å². The van der Waals surface area contributed by atoms with Crippen molar-refractivity contribution in [2.75, 3.05) is 37.6 Å². The average molecular weight is 354 g/mol. The smallest absolute Gasteiger partial charge is 0.315 e. The molecule has 1 fully saturated rings. The van der Waals surface area contributed by atoms with Crippen LogP contribution < -0.4 is 20.4 Å². The fourth-order valence-electron chi connectivity index (χ4n) is 2.87. The van der Waals surface area contributed by atoms with Gasteiger partial charge in [0.2, 0.25) is 5.91 Å². The van der Waals surface area contributed by atoms with Crippen molar-refractivity contribution in [3.63, 3.8) is 0 Å². The van der Waals surface area contributed by atoms with E-state index >= 15 is 0 Å². The van der Waals surface area contributed by atoms with Crippen molar-refractivity contribution in [3.05, 3.63) is 29.3 Å². The van der Waals surface area contributed by atoms with Crippen LogP contribution in [-0.2, 0) is 4.79 Å². The molecule has 2 rings (SSSR count). The highest BCUT2D eigenvalue weighted by molar-refractivity contribution is 6.30. The van der Waals surface area contributed by atoms with Crippen molar-refractivity contribution < 1.29 is 14.5 Å². The Bertz CT molecular complexity index is 560. The molecule has 1 atom stereocenters. The molecule has 0 saturated carbocycles. The third-order valence-electron chi connectivity index (χ3n) is 4.36. The number of halogens is 1. The summed E-state index contributed by atoms with van der Waals surface area (Å²) in [7, 11) is 0. The fraction of sp³-hybridized carbons (Fsp3) is 0.529. The third-order valence-corrected chi connectivity index (χ3v) is 4.61. The van der Waals surface area contributed by atoms with Gasteiger partial charge >= 0.3 is 6.03 Å². The minimum absolute atomic E-state index is 0.00945. The van der Waals surface area contributed by atoms with Crippen molar-refractivity contribution in [1.29, 1.82) is 0 Å². The first kappa shape index (κ1) is 18.5.